The van der Waals surface area contributed by atoms with Gasteiger partial charge >= 0.3 is 0 Å². The first-order valence-corrected chi connectivity index (χ1v) is 8.67. The number of nitrogens with one attached hydrogen (secondary N) is 1. The predicted octanol–water partition coefficient (Wildman–Crippen LogP) is 4.25. The average molecular weight is 299 g/mol. The van der Waals surface area contributed by atoms with Crippen LogP contribution in [0, 0.1) is 10.8 Å². The minimum atomic E-state index is -0.0660. The van der Waals surface area contributed by atoms with E-state index < -0.39 is 0 Å². The molecule has 0 aromatic heterocycles. The standard InChI is InChI=1S/C18H25N3O/c1-17(2)9-13-15(14(22)10-17)18(7-5-3-4-6-8-18)12-11-19-21-16(12)20-13/h20H,3-11H2,1-2H3. The second kappa shape index (κ2) is 4.77. The number of nitrogens with zero attached hydrogens (tertiary/aromatic N) is 2. The van der Waals surface area contributed by atoms with Gasteiger partial charge in [-0.25, -0.2) is 0 Å². The lowest BCUT2D eigenvalue weighted by Gasteiger charge is -2.45. The molecule has 4 rings (SSSR count). The van der Waals surface area contributed by atoms with Crippen molar-refractivity contribution >= 4 is 5.78 Å². The van der Waals surface area contributed by atoms with Gasteiger partial charge in [-0.2, -0.15) is 5.11 Å². The summed E-state index contributed by atoms with van der Waals surface area (Å²) in [5.74, 6) is 1.31. The van der Waals surface area contributed by atoms with Crippen LogP contribution in [0.25, 0.3) is 0 Å². The summed E-state index contributed by atoms with van der Waals surface area (Å²) in [4.78, 5) is 13.0. The van der Waals surface area contributed by atoms with Crippen molar-refractivity contribution in [2.75, 3.05) is 6.54 Å². The number of allylic oxidation sites excluding steroid dienone is 2. The second-order valence-electron chi connectivity index (χ2n) is 8.14. The Morgan fingerprint density at radius 2 is 1.77 bits per heavy atom. The number of carbonyl (C=O) groups is 1. The zero-order valence-electron chi connectivity index (χ0n) is 13.7. The topological polar surface area (TPSA) is 53.8 Å². The molecule has 0 radical (unpaired) electrons. The van der Waals surface area contributed by atoms with Crippen LogP contribution >= 0.6 is 0 Å². The maximum absolute atomic E-state index is 13.0. The van der Waals surface area contributed by atoms with E-state index in [1.165, 1.54) is 31.3 Å². The number of ketones is 1. The van der Waals surface area contributed by atoms with E-state index in [1.807, 2.05) is 0 Å². The fraction of sp³-hybridized carbons (Fsp3) is 0.722. The highest BCUT2D eigenvalue weighted by Crippen LogP contribution is 2.55. The number of dihydropyridines is 1. The van der Waals surface area contributed by atoms with Crippen LogP contribution in [0.4, 0.5) is 0 Å². The quantitative estimate of drug-likeness (QED) is 0.727. The molecule has 1 fully saturated rings. The summed E-state index contributed by atoms with van der Waals surface area (Å²) in [5, 5.41) is 12.1. The molecule has 118 valence electrons. The van der Waals surface area contributed by atoms with E-state index >= 15 is 0 Å². The summed E-state index contributed by atoms with van der Waals surface area (Å²) in [7, 11) is 0. The van der Waals surface area contributed by atoms with E-state index in [1.54, 1.807) is 0 Å². The highest BCUT2D eigenvalue weighted by molar-refractivity contribution is 6.00. The van der Waals surface area contributed by atoms with Gasteiger partial charge in [0.2, 0.25) is 0 Å². The molecule has 2 aliphatic heterocycles. The van der Waals surface area contributed by atoms with Gasteiger partial charge in [0.15, 0.2) is 11.6 Å². The minimum Gasteiger partial charge on any atom is -0.342 e. The number of hydrogen-bond donors (Lipinski definition) is 1. The van der Waals surface area contributed by atoms with Crippen LogP contribution in [0.3, 0.4) is 0 Å². The van der Waals surface area contributed by atoms with Gasteiger partial charge in [-0.05, 0) is 24.7 Å². The van der Waals surface area contributed by atoms with E-state index in [0.717, 1.165) is 36.4 Å². The largest absolute Gasteiger partial charge is 0.342 e. The molecular weight excluding hydrogens is 274 g/mol. The number of carbonyl (C=O) groups excluding carboxylic acids is 1. The first-order valence-electron chi connectivity index (χ1n) is 8.67. The molecule has 0 unspecified atom stereocenters. The Bertz CT molecular complexity index is 616. The lowest BCUT2D eigenvalue weighted by atomic mass is 9.60. The van der Waals surface area contributed by atoms with Crippen molar-refractivity contribution in [3.63, 3.8) is 0 Å². The van der Waals surface area contributed by atoms with E-state index in [-0.39, 0.29) is 10.8 Å². The summed E-state index contributed by atoms with van der Waals surface area (Å²) in [6, 6.07) is 0. The lowest BCUT2D eigenvalue weighted by molar-refractivity contribution is -0.119. The first-order chi connectivity index (χ1) is 10.5. The van der Waals surface area contributed by atoms with Crippen LogP contribution in [-0.4, -0.2) is 12.3 Å². The molecule has 2 heterocycles. The Morgan fingerprint density at radius 3 is 2.50 bits per heavy atom. The number of hydrogen-bond acceptors (Lipinski definition) is 4. The van der Waals surface area contributed by atoms with Crippen LogP contribution in [0.5, 0.6) is 0 Å². The molecule has 0 amide bonds. The summed E-state index contributed by atoms with van der Waals surface area (Å²) < 4.78 is 0. The van der Waals surface area contributed by atoms with Crippen molar-refractivity contribution in [2.24, 2.45) is 21.1 Å². The SMILES string of the molecule is CC1(C)CC(=O)C2=C(C1)NC1=C(CN=N1)C21CCCCCC1. The number of Topliss-reactive ketones (excluding diaryl/α,β-unsaturated/α-hetero) is 1. The maximum atomic E-state index is 13.0. The third kappa shape index (κ3) is 1.99. The molecule has 22 heavy (non-hydrogen) atoms. The highest BCUT2D eigenvalue weighted by Gasteiger charge is 2.50. The molecule has 0 aromatic carbocycles. The molecule has 0 atom stereocenters. The predicted molar refractivity (Wildman–Crippen MR) is 85.1 cm³/mol. The van der Waals surface area contributed by atoms with Gasteiger partial charge in [-0.15, -0.1) is 5.11 Å². The number of azo groups is 1. The molecule has 4 aliphatic rings. The average Bonchev–Trinajstić information content (AvgIpc) is 2.77. The summed E-state index contributed by atoms with van der Waals surface area (Å²) in [6.45, 7) is 5.06. The Hall–Kier alpha value is -1.45. The summed E-state index contributed by atoms with van der Waals surface area (Å²) >= 11 is 0. The molecule has 2 aliphatic carbocycles. The Morgan fingerprint density at radius 1 is 1.05 bits per heavy atom. The van der Waals surface area contributed by atoms with E-state index in [0.29, 0.717) is 18.7 Å². The number of rotatable bonds is 0. The molecule has 1 saturated carbocycles. The molecule has 0 saturated heterocycles. The second-order valence-corrected chi connectivity index (χ2v) is 8.14. The molecular formula is C18H25N3O. The normalized spacial score (nSPS) is 29.3. The van der Waals surface area contributed by atoms with Gasteiger partial charge in [0.1, 0.15) is 0 Å². The van der Waals surface area contributed by atoms with E-state index in [4.69, 9.17) is 0 Å². The third-order valence-corrected chi connectivity index (χ3v) is 5.84. The van der Waals surface area contributed by atoms with Gasteiger partial charge in [0.25, 0.3) is 0 Å². The fourth-order valence-electron chi connectivity index (χ4n) is 4.95. The van der Waals surface area contributed by atoms with Crippen molar-refractivity contribution < 1.29 is 4.79 Å². The molecule has 0 bridgehead atoms. The van der Waals surface area contributed by atoms with Gasteiger partial charge in [-0.3, -0.25) is 4.79 Å². The van der Waals surface area contributed by atoms with Gasteiger partial charge in [0.05, 0.1) is 6.54 Å². The molecule has 4 heteroatoms. The van der Waals surface area contributed by atoms with Gasteiger partial charge < -0.3 is 5.32 Å². The summed E-state index contributed by atoms with van der Waals surface area (Å²) in [5.41, 5.74) is 3.51. The zero-order chi connectivity index (χ0) is 15.4. The van der Waals surface area contributed by atoms with Crippen LogP contribution in [0.2, 0.25) is 0 Å². The Kier molecular flexibility index (Phi) is 3.07. The summed E-state index contributed by atoms with van der Waals surface area (Å²) in [6.07, 6.45) is 8.82. The minimum absolute atomic E-state index is 0.0443. The Labute approximate surface area is 132 Å². The van der Waals surface area contributed by atoms with Crippen molar-refractivity contribution in [3.05, 3.63) is 22.7 Å². The molecule has 4 nitrogen and oxygen atoms in total. The molecule has 0 aromatic rings. The molecule has 1 spiro atoms. The van der Waals surface area contributed by atoms with Crippen LogP contribution in [0.1, 0.15) is 65.2 Å². The highest BCUT2D eigenvalue weighted by atomic mass is 16.1. The maximum Gasteiger partial charge on any atom is 0.162 e. The number of fused-ring (bicyclic) bond motifs is 2. The van der Waals surface area contributed by atoms with Crippen molar-refractivity contribution in [1.82, 2.24) is 5.32 Å². The van der Waals surface area contributed by atoms with Crippen LogP contribution in [-0.2, 0) is 4.79 Å². The molecule has 1 N–H and O–H groups in total. The van der Waals surface area contributed by atoms with E-state index in [9.17, 15) is 4.79 Å². The first kappa shape index (κ1) is 14.2. The van der Waals surface area contributed by atoms with Crippen LogP contribution in [0.15, 0.2) is 32.9 Å². The van der Waals surface area contributed by atoms with Crippen LogP contribution < -0.4 is 5.32 Å². The van der Waals surface area contributed by atoms with E-state index in [2.05, 4.69) is 29.4 Å². The monoisotopic (exact) mass is 299 g/mol. The van der Waals surface area contributed by atoms with Crippen molar-refractivity contribution in [3.8, 4) is 0 Å². The fourth-order valence-corrected chi connectivity index (χ4v) is 4.95. The lowest BCUT2D eigenvalue weighted by Crippen LogP contribution is -2.43. The van der Waals surface area contributed by atoms with Crippen molar-refractivity contribution in [2.45, 2.75) is 65.2 Å². The van der Waals surface area contributed by atoms with Gasteiger partial charge in [-0.1, -0.05) is 39.5 Å². The van der Waals surface area contributed by atoms with Gasteiger partial charge in [0, 0.05) is 28.7 Å². The van der Waals surface area contributed by atoms with Crippen molar-refractivity contribution in [1.29, 1.82) is 0 Å². The third-order valence-electron chi connectivity index (χ3n) is 5.84. The Balaban J connectivity index is 1.86. The zero-order valence-corrected chi connectivity index (χ0v) is 13.7. The smallest absolute Gasteiger partial charge is 0.162 e.